The number of hydrogen-bond acceptors (Lipinski definition) is 3. The van der Waals surface area contributed by atoms with Crippen LogP contribution in [0.15, 0.2) is 48.8 Å². The molecule has 1 aliphatic heterocycles. The van der Waals surface area contributed by atoms with Crippen molar-refractivity contribution in [1.82, 2.24) is 9.55 Å². The quantitative estimate of drug-likeness (QED) is 0.601. The van der Waals surface area contributed by atoms with Gasteiger partial charge in [0.05, 0.1) is 16.9 Å². The molecule has 0 fully saturated rings. The molecule has 31 heavy (non-hydrogen) atoms. The van der Waals surface area contributed by atoms with Crippen molar-refractivity contribution >= 4 is 12.9 Å². The number of benzene rings is 2. The maximum atomic E-state index is 10.5. The first-order valence-electron chi connectivity index (χ1n) is 11.1. The molecular formula is C26H32BN2O2. The lowest BCUT2D eigenvalue weighted by Gasteiger charge is -2.38. The van der Waals surface area contributed by atoms with Gasteiger partial charge < -0.3 is 9.76 Å². The molecule has 1 aliphatic rings. The molecule has 1 N–H and O–H groups in total. The lowest BCUT2D eigenvalue weighted by molar-refractivity contribution is -0.0893. The summed E-state index contributed by atoms with van der Waals surface area (Å²) in [5.74, 6) is 1.52. The van der Waals surface area contributed by atoms with Gasteiger partial charge in [-0.05, 0) is 61.8 Å². The maximum absolute atomic E-state index is 10.5. The van der Waals surface area contributed by atoms with E-state index in [4.69, 9.17) is 9.64 Å². The van der Waals surface area contributed by atoms with Gasteiger partial charge in [-0.15, -0.1) is 0 Å². The van der Waals surface area contributed by atoms with Crippen molar-refractivity contribution in [2.75, 3.05) is 0 Å². The van der Waals surface area contributed by atoms with Crippen LogP contribution >= 0.6 is 0 Å². The van der Waals surface area contributed by atoms with Crippen molar-refractivity contribution in [3.63, 3.8) is 0 Å². The summed E-state index contributed by atoms with van der Waals surface area (Å²) in [5, 5.41) is 10.5. The molecule has 2 aromatic carbocycles. The predicted molar refractivity (Wildman–Crippen MR) is 127 cm³/mol. The third-order valence-electron chi connectivity index (χ3n) is 6.83. The average molecular weight is 415 g/mol. The summed E-state index contributed by atoms with van der Waals surface area (Å²) in [5.41, 5.74) is 5.45. The number of para-hydroxylation sites is 1. The van der Waals surface area contributed by atoms with Crippen LogP contribution in [0, 0.1) is 0 Å². The normalized spacial score (nSPS) is 15.8. The molecule has 0 spiro atoms. The van der Waals surface area contributed by atoms with Gasteiger partial charge in [0, 0.05) is 23.9 Å². The van der Waals surface area contributed by atoms with Crippen molar-refractivity contribution in [3.05, 3.63) is 65.5 Å². The topological polar surface area (TPSA) is 47.3 Å². The lowest BCUT2D eigenvalue weighted by atomic mass is 9.74. The van der Waals surface area contributed by atoms with Crippen LogP contribution in [-0.4, -0.2) is 33.3 Å². The van der Waals surface area contributed by atoms with Gasteiger partial charge in [0.25, 0.3) is 0 Å². The van der Waals surface area contributed by atoms with E-state index in [2.05, 4.69) is 67.9 Å². The third kappa shape index (κ3) is 3.75. The number of fused-ring (bicyclic) bond motifs is 6. The first-order chi connectivity index (χ1) is 14.5. The molecule has 4 rings (SSSR count). The Balaban J connectivity index is 1.86. The van der Waals surface area contributed by atoms with Crippen molar-refractivity contribution in [2.45, 2.75) is 71.5 Å². The van der Waals surface area contributed by atoms with Gasteiger partial charge in [-0.3, -0.25) is 4.57 Å². The van der Waals surface area contributed by atoms with Gasteiger partial charge in [-0.25, -0.2) is 4.98 Å². The summed E-state index contributed by atoms with van der Waals surface area (Å²) >= 11 is 0. The molecule has 1 aromatic heterocycles. The highest BCUT2D eigenvalue weighted by Gasteiger charge is 2.36. The second-order valence-corrected chi connectivity index (χ2v) is 9.93. The highest BCUT2D eigenvalue weighted by Crippen LogP contribution is 2.39. The number of aromatic nitrogens is 2. The molecule has 2 heterocycles. The minimum Gasteiger partial charge on any atom is -0.427 e. The van der Waals surface area contributed by atoms with Gasteiger partial charge in [-0.1, -0.05) is 51.1 Å². The van der Waals surface area contributed by atoms with Crippen LogP contribution in [0.1, 0.15) is 77.0 Å². The van der Waals surface area contributed by atoms with Crippen LogP contribution in [0.2, 0.25) is 0 Å². The Morgan fingerprint density at radius 2 is 1.84 bits per heavy atom. The third-order valence-corrected chi connectivity index (χ3v) is 6.83. The monoisotopic (exact) mass is 415 g/mol. The Kier molecular flexibility index (Phi) is 5.39. The Bertz CT molecular complexity index is 1110. The van der Waals surface area contributed by atoms with E-state index in [1.165, 1.54) is 22.4 Å². The number of nitrogens with zero attached hydrogens (tertiary/aromatic N) is 2. The minimum absolute atomic E-state index is 0.171. The standard InChI is InChI=1S/C26H32BN2O2/c1-16(2)19-9-8-10-20-17(3)21-15-18(24-28-13-14-29(24)23(19)20)11-12-22(21)27-31-26(6,7)25(4,5)30/h8-17,30H,1-7H3. The van der Waals surface area contributed by atoms with E-state index in [9.17, 15) is 5.11 Å². The Labute approximate surface area is 186 Å². The van der Waals surface area contributed by atoms with Crippen LogP contribution in [-0.2, 0) is 4.65 Å². The predicted octanol–water partition coefficient (Wildman–Crippen LogP) is 4.94. The fourth-order valence-corrected chi connectivity index (χ4v) is 4.09. The van der Waals surface area contributed by atoms with Gasteiger partial charge in [0.15, 0.2) is 0 Å². The van der Waals surface area contributed by atoms with Gasteiger partial charge in [0.1, 0.15) is 5.82 Å². The molecule has 0 saturated carbocycles. The summed E-state index contributed by atoms with van der Waals surface area (Å²) in [6.07, 6.45) is 3.94. The van der Waals surface area contributed by atoms with Crippen LogP contribution < -0.4 is 5.46 Å². The van der Waals surface area contributed by atoms with Crippen molar-refractivity contribution in [1.29, 1.82) is 0 Å². The Morgan fingerprint density at radius 1 is 1.10 bits per heavy atom. The van der Waals surface area contributed by atoms with Crippen LogP contribution in [0.4, 0.5) is 0 Å². The van der Waals surface area contributed by atoms with E-state index < -0.39 is 11.2 Å². The Hall–Kier alpha value is -2.37. The molecule has 2 bridgehead atoms. The highest BCUT2D eigenvalue weighted by molar-refractivity contribution is 6.48. The molecule has 1 unspecified atom stereocenters. The summed E-state index contributed by atoms with van der Waals surface area (Å²) < 4.78 is 8.35. The molecule has 0 aliphatic carbocycles. The average Bonchev–Trinajstić information content (AvgIpc) is 3.18. The van der Waals surface area contributed by atoms with E-state index in [0.29, 0.717) is 5.92 Å². The molecule has 4 nitrogen and oxygen atoms in total. The molecule has 3 aromatic rings. The number of hydrogen-bond donors (Lipinski definition) is 1. The van der Waals surface area contributed by atoms with E-state index in [-0.39, 0.29) is 5.92 Å². The van der Waals surface area contributed by atoms with Crippen molar-refractivity contribution in [2.24, 2.45) is 0 Å². The summed E-state index contributed by atoms with van der Waals surface area (Å²) in [7, 11) is 1.80. The van der Waals surface area contributed by atoms with Crippen molar-refractivity contribution in [3.8, 4) is 17.1 Å². The molecule has 1 atom stereocenters. The molecule has 0 amide bonds. The molecule has 5 heteroatoms. The number of aliphatic hydroxyl groups is 1. The zero-order chi connectivity index (χ0) is 22.6. The number of imidazole rings is 1. The fraction of sp³-hybridized carbons (Fsp3) is 0.423. The molecule has 1 radical (unpaired) electrons. The van der Waals surface area contributed by atoms with E-state index in [1.807, 2.05) is 20.0 Å². The Morgan fingerprint density at radius 3 is 2.52 bits per heavy atom. The second kappa shape index (κ2) is 7.65. The number of rotatable bonds is 5. The summed E-state index contributed by atoms with van der Waals surface area (Å²) in [4.78, 5) is 4.69. The maximum Gasteiger partial charge on any atom is 0.331 e. The molecular weight excluding hydrogens is 383 g/mol. The van der Waals surface area contributed by atoms with E-state index in [0.717, 1.165) is 16.9 Å². The molecule has 161 valence electrons. The minimum atomic E-state index is -0.968. The first kappa shape index (κ1) is 21.9. The first-order valence-corrected chi connectivity index (χ1v) is 11.1. The summed E-state index contributed by atoms with van der Waals surface area (Å²) in [6.45, 7) is 14.1. The largest absolute Gasteiger partial charge is 0.427 e. The highest BCUT2D eigenvalue weighted by atomic mass is 16.5. The van der Waals surface area contributed by atoms with Gasteiger partial charge >= 0.3 is 7.48 Å². The SMILES string of the molecule is CC(C)c1cccc2c1-n1ccnc1-c1ccc([B]OC(C)(C)C(C)(C)O)c(c1)C2C. The zero-order valence-electron chi connectivity index (χ0n) is 19.6. The lowest BCUT2D eigenvalue weighted by Crippen LogP contribution is -2.49. The van der Waals surface area contributed by atoms with E-state index in [1.54, 1.807) is 21.3 Å². The zero-order valence-corrected chi connectivity index (χ0v) is 19.6. The van der Waals surface area contributed by atoms with Crippen molar-refractivity contribution < 1.29 is 9.76 Å². The molecule has 0 saturated heterocycles. The van der Waals surface area contributed by atoms with E-state index >= 15 is 0 Å². The smallest absolute Gasteiger partial charge is 0.331 e. The second-order valence-electron chi connectivity index (χ2n) is 9.93. The van der Waals surface area contributed by atoms with Crippen LogP contribution in [0.5, 0.6) is 0 Å². The van der Waals surface area contributed by atoms with Gasteiger partial charge in [0.2, 0.25) is 0 Å². The van der Waals surface area contributed by atoms with Crippen LogP contribution in [0.25, 0.3) is 17.1 Å². The van der Waals surface area contributed by atoms with Gasteiger partial charge in [-0.2, -0.15) is 0 Å². The van der Waals surface area contributed by atoms with Crippen LogP contribution in [0.3, 0.4) is 0 Å². The fourth-order valence-electron chi connectivity index (χ4n) is 4.09. The summed E-state index contributed by atoms with van der Waals surface area (Å²) in [6, 6.07) is 13.0.